The normalized spacial score (nSPS) is 15.0. The second kappa shape index (κ2) is 8.66. The van der Waals surface area contributed by atoms with E-state index in [2.05, 4.69) is 38.3 Å². The summed E-state index contributed by atoms with van der Waals surface area (Å²) in [5.41, 5.74) is 3.18. The first-order valence-corrected chi connectivity index (χ1v) is 9.24. The van der Waals surface area contributed by atoms with E-state index in [1.165, 1.54) is 0 Å². The Balaban J connectivity index is 1.57. The van der Waals surface area contributed by atoms with Crippen molar-refractivity contribution in [3.63, 3.8) is 0 Å². The van der Waals surface area contributed by atoms with Gasteiger partial charge in [-0.2, -0.15) is 0 Å². The van der Waals surface area contributed by atoms with Crippen LogP contribution in [-0.4, -0.2) is 56.3 Å². The number of aromatic hydroxyl groups is 1. The lowest BCUT2D eigenvalue weighted by molar-refractivity contribution is 0.369. The molecule has 0 bridgehead atoms. The molecule has 1 aliphatic heterocycles. The van der Waals surface area contributed by atoms with Gasteiger partial charge in [0, 0.05) is 39.8 Å². The van der Waals surface area contributed by atoms with Crippen molar-refractivity contribution in [3.05, 3.63) is 53.6 Å². The van der Waals surface area contributed by atoms with Crippen molar-refractivity contribution in [2.75, 3.05) is 45.2 Å². The first-order valence-electron chi connectivity index (χ1n) is 9.24. The molecule has 0 aliphatic carbocycles. The molecule has 0 atom stereocenters. The number of nitrogens with one attached hydrogen (secondary N) is 1. The number of benzene rings is 2. The minimum absolute atomic E-state index is 0.335. The number of aliphatic imine (C=N–C) groups is 1. The Labute approximate surface area is 161 Å². The number of nitrogens with zero attached hydrogens (tertiary/aromatic N) is 3. The second-order valence-electron chi connectivity index (χ2n) is 6.67. The van der Waals surface area contributed by atoms with E-state index in [-0.39, 0.29) is 0 Å². The maximum absolute atomic E-state index is 10.1. The summed E-state index contributed by atoms with van der Waals surface area (Å²) in [4.78, 5) is 8.90. The second-order valence-corrected chi connectivity index (χ2v) is 6.67. The van der Waals surface area contributed by atoms with Gasteiger partial charge in [-0.1, -0.05) is 24.3 Å². The van der Waals surface area contributed by atoms with Crippen LogP contribution in [0.15, 0.2) is 47.5 Å². The zero-order valence-electron chi connectivity index (χ0n) is 16.3. The largest absolute Gasteiger partial charge is 0.506 e. The zero-order valence-corrected chi connectivity index (χ0v) is 16.3. The van der Waals surface area contributed by atoms with Crippen molar-refractivity contribution in [3.8, 4) is 11.5 Å². The number of piperazine rings is 1. The summed E-state index contributed by atoms with van der Waals surface area (Å²) in [6.07, 6.45) is 0. The van der Waals surface area contributed by atoms with Gasteiger partial charge < -0.3 is 25.0 Å². The Morgan fingerprint density at radius 1 is 1.15 bits per heavy atom. The van der Waals surface area contributed by atoms with E-state index in [9.17, 15) is 5.11 Å². The molecule has 6 nitrogen and oxygen atoms in total. The predicted octanol–water partition coefficient (Wildman–Crippen LogP) is 2.61. The van der Waals surface area contributed by atoms with E-state index in [1.54, 1.807) is 13.2 Å². The molecule has 1 fully saturated rings. The van der Waals surface area contributed by atoms with Crippen LogP contribution < -0.4 is 15.0 Å². The highest BCUT2D eigenvalue weighted by atomic mass is 16.5. The molecule has 0 amide bonds. The van der Waals surface area contributed by atoms with Gasteiger partial charge in [0.05, 0.1) is 12.8 Å². The number of ether oxygens (including phenoxy) is 1. The monoisotopic (exact) mass is 368 g/mol. The Bertz CT molecular complexity index is 799. The Kier molecular flexibility index (Phi) is 6.06. The van der Waals surface area contributed by atoms with Crippen LogP contribution in [0.5, 0.6) is 11.5 Å². The lowest BCUT2D eigenvalue weighted by Crippen LogP contribution is -2.52. The number of rotatable bonds is 4. The van der Waals surface area contributed by atoms with Crippen LogP contribution in [0, 0.1) is 6.92 Å². The van der Waals surface area contributed by atoms with Gasteiger partial charge in [-0.05, 0) is 36.2 Å². The number of phenolic OH excluding ortho intramolecular Hbond substituents is 1. The van der Waals surface area contributed by atoms with Gasteiger partial charge in [0.2, 0.25) is 0 Å². The number of hydrogen-bond acceptors (Lipinski definition) is 4. The Morgan fingerprint density at radius 3 is 2.56 bits per heavy atom. The molecule has 2 N–H and O–H groups in total. The summed E-state index contributed by atoms with van der Waals surface area (Å²) in [6, 6.07) is 13.7. The molecular weight excluding hydrogens is 340 g/mol. The Morgan fingerprint density at radius 2 is 1.89 bits per heavy atom. The predicted molar refractivity (Wildman–Crippen MR) is 110 cm³/mol. The first kappa shape index (κ1) is 18.9. The quantitative estimate of drug-likeness (QED) is 0.642. The van der Waals surface area contributed by atoms with E-state index in [4.69, 9.17) is 4.74 Å². The molecule has 0 aromatic heterocycles. The van der Waals surface area contributed by atoms with Crippen molar-refractivity contribution in [2.45, 2.75) is 13.5 Å². The highest BCUT2D eigenvalue weighted by molar-refractivity contribution is 5.80. The number of anilines is 1. The fourth-order valence-electron chi connectivity index (χ4n) is 3.38. The van der Waals surface area contributed by atoms with Gasteiger partial charge in [-0.15, -0.1) is 0 Å². The fourth-order valence-corrected chi connectivity index (χ4v) is 3.38. The number of para-hydroxylation sites is 2. The van der Waals surface area contributed by atoms with Crippen molar-refractivity contribution in [1.29, 1.82) is 0 Å². The third kappa shape index (κ3) is 4.45. The van der Waals surface area contributed by atoms with Crippen molar-refractivity contribution < 1.29 is 9.84 Å². The van der Waals surface area contributed by atoms with Crippen molar-refractivity contribution >= 4 is 11.6 Å². The average molecular weight is 368 g/mol. The number of aryl methyl sites for hydroxylation is 1. The molecular formula is C21H28N4O2. The highest BCUT2D eigenvalue weighted by Crippen LogP contribution is 2.27. The molecule has 2 aromatic carbocycles. The average Bonchev–Trinajstić information content (AvgIpc) is 2.70. The number of phenols is 1. The van der Waals surface area contributed by atoms with Gasteiger partial charge in [-0.3, -0.25) is 4.99 Å². The molecule has 2 aromatic rings. The van der Waals surface area contributed by atoms with Crippen LogP contribution in [0.2, 0.25) is 0 Å². The highest BCUT2D eigenvalue weighted by Gasteiger charge is 2.21. The molecule has 6 heteroatoms. The van der Waals surface area contributed by atoms with Crippen LogP contribution in [0.4, 0.5) is 5.69 Å². The van der Waals surface area contributed by atoms with Gasteiger partial charge in [0.25, 0.3) is 0 Å². The number of hydrogen-bond donors (Lipinski definition) is 2. The maximum Gasteiger partial charge on any atom is 0.194 e. The molecule has 144 valence electrons. The summed E-state index contributed by atoms with van der Waals surface area (Å²) >= 11 is 0. The zero-order chi connectivity index (χ0) is 19.2. The smallest absolute Gasteiger partial charge is 0.194 e. The SMILES string of the molecule is CN=C(NCc1ccc(C)c(OC)c1)N1CCN(c2ccccc2O)CC1. The van der Waals surface area contributed by atoms with E-state index in [0.717, 1.165) is 54.7 Å². The molecule has 0 saturated carbocycles. The van der Waals surface area contributed by atoms with Crippen LogP contribution in [0.3, 0.4) is 0 Å². The van der Waals surface area contributed by atoms with Crippen LogP contribution in [0.1, 0.15) is 11.1 Å². The van der Waals surface area contributed by atoms with Crippen LogP contribution >= 0.6 is 0 Å². The molecule has 3 rings (SSSR count). The summed E-state index contributed by atoms with van der Waals surface area (Å²) in [5.74, 6) is 2.13. The minimum Gasteiger partial charge on any atom is -0.506 e. The molecule has 0 spiro atoms. The van der Waals surface area contributed by atoms with E-state index < -0.39 is 0 Å². The van der Waals surface area contributed by atoms with E-state index >= 15 is 0 Å². The van der Waals surface area contributed by atoms with E-state index in [0.29, 0.717) is 12.3 Å². The summed E-state index contributed by atoms with van der Waals surface area (Å²) in [6.45, 7) is 6.13. The number of guanidine groups is 1. The van der Waals surface area contributed by atoms with Gasteiger partial charge in [-0.25, -0.2) is 0 Å². The lowest BCUT2D eigenvalue weighted by Gasteiger charge is -2.37. The molecule has 1 saturated heterocycles. The molecule has 27 heavy (non-hydrogen) atoms. The van der Waals surface area contributed by atoms with Crippen molar-refractivity contribution in [2.24, 2.45) is 4.99 Å². The standard InChI is InChI=1S/C21H28N4O2/c1-16-8-9-17(14-20(16)27-3)15-23-21(22-2)25-12-10-24(11-13-25)18-6-4-5-7-19(18)26/h4-9,14,26H,10-13,15H2,1-3H3,(H,22,23). The Hall–Kier alpha value is -2.89. The molecule has 1 aliphatic rings. The fraction of sp³-hybridized carbons (Fsp3) is 0.381. The van der Waals surface area contributed by atoms with E-state index in [1.807, 2.05) is 32.2 Å². The molecule has 1 heterocycles. The van der Waals surface area contributed by atoms with Crippen LogP contribution in [0.25, 0.3) is 0 Å². The first-order chi connectivity index (χ1) is 13.1. The topological polar surface area (TPSA) is 60.3 Å². The van der Waals surface area contributed by atoms with Crippen LogP contribution in [-0.2, 0) is 6.54 Å². The van der Waals surface area contributed by atoms with Crippen molar-refractivity contribution in [1.82, 2.24) is 10.2 Å². The lowest BCUT2D eigenvalue weighted by atomic mass is 10.1. The molecule has 0 radical (unpaired) electrons. The van der Waals surface area contributed by atoms with Gasteiger partial charge in [0.1, 0.15) is 11.5 Å². The minimum atomic E-state index is 0.335. The van der Waals surface area contributed by atoms with Gasteiger partial charge >= 0.3 is 0 Å². The summed E-state index contributed by atoms with van der Waals surface area (Å²) in [5, 5.41) is 13.5. The third-order valence-electron chi connectivity index (χ3n) is 4.94. The molecule has 0 unspecified atom stereocenters. The summed E-state index contributed by atoms with van der Waals surface area (Å²) < 4.78 is 5.40. The third-order valence-corrected chi connectivity index (χ3v) is 4.94. The maximum atomic E-state index is 10.1. The van der Waals surface area contributed by atoms with Gasteiger partial charge in [0.15, 0.2) is 5.96 Å². The number of methoxy groups -OCH3 is 1. The summed E-state index contributed by atoms with van der Waals surface area (Å²) in [7, 11) is 3.51.